The first-order valence-corrected chi connectivity index (χ1v) is 12.2. The fourth-order valence-electron chi connectivity index (χ4n) is 3.44. The summed E-state index contributed by atoms with van der Waals surface area (Å²) in [5.74, 6) is -0.357. The van der Waals surface area contributed by atoms with Gasteiger partial charge in [0.1, 0.15) is 11.6 Å². The lowest BCUT2D eigenvalue weighted by molar-refractivity contribution is 0.0679. The molecule has 2 aromatic rings. The number of carbonyl (C=O) groups excluding carboxylic acids is 1. The summed E-state index contributed by atoms with van der Waals surface area (Å²) >= 11 is 6.16. The zero-order chi connectivity index (χ0) is 21.7. The zero-order valence-corrected chi connectivity index (χ0v) is 18.4. The van der Waals surface area contributed by atoms with Crippen molar-refractivity contribution in [3.8, 4) is 5.75 Å². The van der Waals surface area contributed by atoms with Gasteiger partial charge in [-0.05, 0) is 49.2 Å². The minimum Gasteiger partial charge on any atom is -0.494 e. The summed E-state index contributed by atoms with van der Waals surface area (Å²) in [6.07, 6.45) is 2.28. The number of rotatable bonds is 8. The van der Waals surface area contributed by atoms with Crippen molar-refractivity contribution in [1.82, 2.24) is 4.90 Å². The van der Waals surface area contributed by atoms with Crippen molar-refractivity contribution in [3.05, 3.63) is 64.4 Å². The molecular formula is C22H25ClFNO4S. The number of sulfone groups is 1. The number of benzene rings is 2. The molecule has 8 heteroatoms. The summed E-state index contributed by atoms with van der Waals surface area (Å²) in [5, 5.41) is 0.202. The molecule has 0 unspecified atom stereocenters. The third kappa shape index (κ3) is 5.52. The Morgan fingerprint density at radius 1 is 1.23 bits per heavy atom. The first-order chi connectivity index (χ1) is 14.3. The summed E-state index contributed by atoms with van der Waals surface area (Å²) in [6.45, 7) is 2.58. The van der Waals surface area contributed by atoms with Crippen LogP contribution < -0.4 is 4.74 Å². The van der Waals surface area contributed by atoms with E-state index in [1.165, 1.54) is 17.0 Å². The Labute approximate surface area is 181 Å². The molecule has 0 N–H and O–H groups in total. The Kier molecular flexibility index (Phi) is 7.36. The molecule has 1 fully saturated rings. The summed E-state index contributed by atoms with van der Waals surface area (Å²) in [6, 6.07) is 10.5. The maximum Gasteiger partial charge on any atom is 0.254 e. The normalized spacial score (nSPS) is 17.6. The van der Waals surface area contributed by atoms with Gasteiger partial charge in [-0.15, -0.1) is 0 Å². The Morgan fingerprint density at radius 2 is 1.97 bits per heavy atom. The topological polar surface area (TPSA) is 63.7 Å². The van der Waals surface area contributed by atoms with Gasteiger partial charge in [0.05, 0.1) is 24.7 Å². The number of amides is 1. The average molecular weight is 454 g/mol. The van der Waals surface area contributed by atoms with Crippen molar-refractivity contribution in [2.45, 2.75) is 38.8 Å². The third-order valence-electron chi connectivity index (χ3n) is 5.17. The molecule has 1 saturated heterocycles. The van der Waals surface area contributed by atoms with Gasteiger partial charge in [-0.2, -0.15) is 0 Å². The number of carbonyl (C=O) groups is 1. The van der Waals surface area contributed by atoms with Crippen molar-refractivity contribution in [2.75, 3.05) is 18.1 Å². The van der Waals surface area contributed by atoms with E-state index in [-0.39, 0.29) is 34.5 Å². The van der Waals surface area contributed by atoms with Gasteiger partial charge in [0.15, 0.2) is 9.84 Å². The van der Waals surface area contributed by atoms with Gasteiger partial charge < -0.3 is 9.64 Å². The molecule has 0 aliphatic carbocycles. The molecule has 1 heterocycles. The van der Waals surface area contributed by atoms with E-state index in [4.69, 9.17) is 16.3 Å². The highest BCUT2D eigenvalue weighted by Crippen LogP contribution is 2.27. The molecule has 30 heavy (non-hydrogen) atoms. The van der Waals surface area contributed by atoms with Gasteiger partial charge >= 0.3 is 0 Å². The highest BCUT2D eigenvalue weighted by molar-refractivity contribution is 7.91. The molecular weight excluding hydrogens is 429 g/mol. The molecule has 1 amide bonds. The zero-order valence-electron chi connectivity index (χ0n) is 16.8. The van der Waals surface area contributed by atoms with E-state index in [0.717, 1.165) is 12.8 Å². The van der Waals surface area contributed by atoms with E-state index in [2.05, 4.69) is 6.92 Å². The summed E-state index contributed by atoms with van der Waals surface area (Å²) < 4.78 is 44.0. The van der Waals surface area contributed by atoms with Crippen LogP contribution in [-0.2, 0) is 16.4 Å². The number of nitrogens with zero attached hydrogens (tertiary/aromatic N) is 1. The summed E-state index contributed by atoms with van der Waals surface area (Å²) in [5.41, 5.74) is 0.561. The number of halogens is 2. The van der Waals surface area contributed by atoms with Crippen molar-refractivity contribution < 1.29 is 22.3 Å². The first-order valence-electron chi connectivity index (χ1n) is 9.98. The van der Waals surface area contributed by atoms with Gasteiger partial charge in [0.25, 0.3) is 5.91 Å². The molecule has 3 rings (SSSR count). The maximum atomic E-state index is 14.4. The monoisotopic (exact) mass is 453 g/mol. The fraction of sp³-hybridized carbons (Fsp3) is 0.409. The summed E-state index contributed by atoms with van der Waals surface area (Å²) in [7, 11) is -3.23. The second-order valence-electron chi connectivity index (χ2n) is 7.42. The molecule has 0 bridgehead atoms. The molecule has 1 aliphatic rings. The Morgan fingerprint density at radius 3 is 2.57 bits per heavy atom. The summed E-state index contributed by atoms with van der Waals surface area (Å²) in [4.78, 5) is 14.7. The van der Waals surface area contributed by atoms with Crippen molar-refractivity contribution in [1.29, 1.82) is 0 Å². The quantitative estimate of drug-likeness (QED) is 0.552. The highest BCUT2D eigenvalue weighted by Gasteiger charge is 2.35. The number of unbranched alkanes of at least 4 members (excludes halogenated alkanes) is 1. The van der Waals surface area contributed by atoms with E-state index in [1.54, 1.807) is 30.3 Å². The predicted octanol–water partition coefficient (Wildman–Crippen LogP) is 4.49. The Balaban J connectivity index is 1.85. The van der Waals surface area contributed by atoms with Gasteiger partial charge in [-0.1, -0.05) is 31.0 Å². The number of ether oxygens (including phenoxy) is 1. The molecule has 0 saturated carbocycles. The molecule has 0 radical (unpaired) electrons. The Bertz CT molecular complexity index is 974. The predicted molar refractivity (Wildman–Crippen MR) is 115 cm³/mol. The molecule has 0 spiro atoms. The largest absolute Gasteiger partial charge is 0.494 e. The molecule has 1 aliphatic heterocycles. The van der Waals surface area contributed by atoms with Gasteiger partial charge in [0.2, 0.25) is 0 Å². The van der Waals surface area contributed by atoms with Crippen molar-refractivity contribution >= 4 is 27.3 Å². The molecule has 0 aromatic heterocycles. The molecule has 2 aromatic carbocycles. The second kappa shape index (κ2) is 9.79. The lowest BCUT2D eigenvalue weighted by atomic mass is 10.1. The van der Waals surface area contributed by atoms with Crippen LogP contribution in [0.3, 0.4) is 0 Å². The van der Waals surface area contributed by atoms with Crippen LogP contribution in [0, 0.1) is 5.82 Å². The Hall–Kier alpha value is -2.12. The van der Waals surface area contributed by atoms with E-state index in [1.807, 2.05) is 0 Å². The SMILES string of the molecule is CCCCOc1ccc(C(=O)N(Cc2c(F)cccc2Cl)[C@@H]2CCS(=O)(=O)C2)cc1. The van der Waals surface area contributed by atoms with Crippen molar-refractivity contribution in [3.63, 3.8) is 0 Å². The van der Waals surface area contributed by atoms with E-state index in [9.17, 15) is 17.6 Å². The molecule has 1 atom stereocenters. The van der Waals surface area contributed by atoms with Crippen LogP contribution in [0.2, 0.25) is 5.02 Å². The van der Waals surface area contributed by atoms with E-state index < -0.39 is 21.7 Å². The van der Waals surface area contributed by atoms with Crippen LogP contribution in [0.15, 0.2) is 42.5 Å². The smallest absolute Gasteiger partial charge is 0.254 e. The third-order valence-corrected chi connectivity index (χ3v) is 7.27. The van der Waals surface area contributed by atoms with E-state index >= 15 is 0 Å². The lowest BCUT2D eigenvalue weighted by Crippen LogP contribution is -2.41. The van der Waals surface area contributed by atoms with Crippen LogP contribution in [0.5, 0.6) is 5.75 Å². The average Bonchev–Trinajstić information content (AvgIpc) is 3.07. The first kappa shape index (κ1) is 22.6. The van der Waals surface area contributed by atoms with Crippen LogP contribution in [0.4, 0.5) is 4.39 Å². The minimum atomic E-state index is -3.23. The fourth-order valence-corrected chi connectivity index (χ4v) is 5.39. The number of hydrogen-bond acceptors (Lipinski definition) is 4. The van der Waals surface area contributed by atoms with Crippen LogP contribution >= 0.6 is 11.6 Å². The lowest BCUT2D eigenvalue weighted by Gasteiger charge is -2.29. The second-order valence-corrected chi connectivity index (χ2v) is 10.1. The van der Waals surface area contributed by atoms with Gasteiger partial charge in [-0.3, -0.25) is 4.79 Å². The van der Waals surface area contributed by atoms with Gasteiger partial charge in [0, 0.05) is 22.2 Å². The standard InChI is InChI=1S/C22H25ClFNO4S/c1-2-3-12-29-18-9-7-16(8-10-18)22(26)25(17-11-13-30(27,28)15-17)14-19-20(23)5-4-6-21(19)24/h4-10,17H,2-3,11-15H2,1H3/t17-/m1/s1. The number of hydrogen-bond donors (Lipinski definition) is 0. The van der Waals surface area contributed by atoms with Crippen molar-refractivity contribution in [2.24, 2.45) is 0 Å². The van der Waals surface area contributed by atoms with Crippen LogP contribution in [0.25, 0.3) is 0 Å². The maximum absolute atomic E-state index is 14.4. The highest BCUT2D eigenvalue weighted by atomic mass is 35.5. The van der Waals surface area contributed by atoms with Gasteiger partial charge in [-0.25, -0.2) is 12.8 Å². The molecule has 162 valence electrons. The van der Waals surface area contributed by atoms with Crippen LogP contribution in [-0.4, -0.2) is 43.4 Å². The van der Waals surface area contributed by atoms with E-state index in [0.29, 0.717) is 24.3 Å². The minimum absolute atomic E-state index is 0.0106. The molecule has 5 nitrogen and oxygen atoms in total. The van der Waals surface area contributed by atoms with Crippen LogP contribution in [0.1, 0.15) is 42.1 Å².